The molecule has 1 aromatic heterocycles. The second kappa shape index (κ2) is 5.95. The Morgan fingerprint density at radius 2 is 2.14 bits per heavy atom. The third-order valence-electron chi connectivity index (χ3n) is 4.21. The normalized spacial score (nSPS) is 23.5. The van der Waals surface area contributed by atoms with Crippen LogP contribution in [-0.2, 0) is 4.74 Å². The summed E-state index contributed by atoms with van der Waals surface area (Å²) in [5.74, 6) is -0.347. The molecule has 7 heteroatoms. The Morgan fingerprint density at radius 1 is 1.38 bits per heavy atom. The lowest BCUT2D eigenvalue weighted by Crippen LogP contribution is -2.44. The second-order valence-electron chi connectivity index (χ2n) is 5.51. The number of rotatable bonds is 3. The minimum absolute atomic E-state index is 0.169. The molecule has 0 amide bonds. The number of carboxylic acids is 1. The van der Waals surface area contributed by atoms with Crippen molar-refractivity contribution in [2.24, 2.45) is 0 Å². The van der Waals surface area contributed by atoms with Gasteiger partial charge in [-0.05, 0) is 13.3 Å². The summed E-state index contributed by atoms with van der Waals surface area (Å²) in [6.07, 6.45) is 2.49. The molecule has 1 unspecified atom stereocenters. The Labute approximate surface area is 123 Å². The molecule has 0 radical (unpaired) electrons. The molecule has 1 N–H and O–H groups in total. The molecule has 0 aromatic carbocycles. The number of hydrogen-bond donors (Lipinski definition) is 1. The third kappa shape index (κ3) is 2.98. The maximum absolute atomic E-state index is 11.0. The highest BCUT2D eigenvalue weighted by molar-refractivity contribution is 5.88. The lowest BCUT2D eigenvalue weighted by molar-refractivity contribution is 0.0209. The van der Waals surface area contributed by atoms with E-state index in [4.69, 9.17) is 9.84 Å². The third-order valence-corrected chi connectivity index (χ3v) is 4.21. The number of aromatic nitrogens is 2. The van der Waals surface area contributed by atoms with Crippen molar-refractivity contribution >= 4 is 11.9 Å². The van der Waals surface area contributed by atoms with E-state index in [0.717, 1.165) is 45.8 Å². The Bertz CT molecular complexity index is 531. The van der Waals surface area contributed by atoms with Crippen LogP contribution in [0.2, 0.25) is 0 Å². The van der Waals surface area contributed by atoms with Gasteiger partial charge in [0.1, 0.15) is 0 Å². The first kappa shape index (κ1) is 14.2. The van der Waals surface area contributed by atoms with Crippen molar-refractivity contribution in [1.29, 1.82) is 0 Å². The van der Waals surface area contributed by atoms with E-state index < -0.39 is 5.97 Å². The molecule has 2 saturated heterocycles. The average Bonchev–Trinajstić information content (AvgIpc) is 2.97. The summed E-state index contributed by atoms with van der Waals surface area (Å²) in [6.45, 7) is 7.09. The maximum atomic E-state index is 11.0. The zero-order valence-electron chi connectivity index (χ0n) is 12.2. The topological polar surface area (TPSA) is 78.8 Å². The number of aromatic carboxylic acids is 1. The number of carbonyl (C=O) groups is 1. The monoisotopic (exact) mass is 292 g/mol. The van der Waals surface area contributed by atoms with E-state index in [1.165, 1.54) is 6.20 Å². The van der Waals surface area contributed by atoms with Gasteiger partial charge in [0, 0.05) is 38.4 Å². The molecule has 1 atom stereocenters. The van der Waals surface area contributed by atoms with Crippen molar-refractivity contribution in [3.8, 4) is 0 Å². The average molecular weight is 292 g/mol. The van der Waals surface area contributed by atoms with Crippen LogP contribution in [0.1, 0.15) is 22.5 Å². The van der Waals surface area contributed by atoms with Crippen LogP contribution in [0.5, 0.6) is 0 Å². The first-order valence-corrected chi connectivity index (χ1v) is 7.29. The van der Waals surface area contributed by atoms with Gasteiger partial charge in [0.2, 0.25) is 5.95 Å². The fourth-order valence-corrected chi connectivity index (χ4v) is 2.98. The fourth-order valence-electron chi connectivity index (χ4n) is 2.98. The molecule has 0 bridgehead atoms. The molecule has 3 rings (SSSR count). The van der Waals surface area contributed by atoms with Gasteiger partial charge >= 0.3 is 5.97 Å². The molecular formula is C14H20N4O3. The molecular weight excluding hydrogens is 272 g/mol. The van der Waals surface area contributed by atoms with Gasteiger partial charge in [-0.3, -0.25) is 4.90 Å². The molecule has 0 aliphatic carbocycles. The van der Waals surface area contributed by atoms with Gasteiger partial charge in [0.25, 0.3) is 0 Å². The van der Waals surface area contributed by atoms with Crippen molar-refractivity contribution in [1.82, 2.24) is 14.9 Å². The van der Waals surface area contributed by atoms with E-state index in [-0.39, 0.29) is 5.56 Å². The number of ether oxygens (including phenoxy) is 1. The SMILES string of the molecule is Cc1nc(N2CCC(N3CCOCC3)C2)ncc1C(=O)O. The van der Waals surface area contributed by atoms with E-state index in [0.29, 0.717) is 17.7 Å². The van der Waals surface area contributed by atoms with Gasteiger partial charge < -0.3 is 14.7 Å². The Morgan fingerprint density at radius 3 is 2.81 bits per heavy atom. The van der Waals surface area contributed by atoms with Crippen molar-refractivity contribution < 1.29 is 14.6 Å². The zero-order chi connectivity index (χ0) is 14.8. The summed E-state index contributed by atoms with van der Waals surface area (Å²) in [5, 5.41) is 9.02. The van der Waals surface area contributed by atoms with Crippen LogP contribution in [0.25, 0.3) is 0 Å². The lowest BCUT2D eigenvalue weighted by atomic mass is 10.2. The predicted octanol–water partition coefficient (Wildman–Crippen LogP) is 0.394. The summed E-state index contributed by atoms with van der Waals surface area (Å²) >= 11 is 0. The van der Waals surface area contributed by atoms with E-state index in [2.05, 4.69) is 19.8 Å². The van der Waals surface area contributed by atoms with Gasteiger partial charge in [-0.1, -0.05) is 0 Å². The van der Waals surface area contributed by atoms with Gasteiger partial charge in [-0.15, -0.1) is 0 Å². The van der Waals surface area contributed by atoms with Crippen LogP contribution < -0.4 is 4.90 Å². The van der Waals surface area contributed by atoms with Crippen molar-refractivity contribution in [3.05, 3.63) is 17.5 Å². The molecule has 2 aliphatic heterocycles. The number of hydrogen-bond acceptors (Lipinski definition) is 6. The van der Waals surface area contributed by atoms with Crippen LogP contribution in [0.15, 0.2) is 6.20 Å². The minimum atomic E-state index is -0.980. The van der Waals surface area contributed by atoms with E-state index in [9.17, 15) is 4.79 Å². The first-order valence-electron chi connectivity index (χ1n) is 7.29. The first-order chi connectivity index (χ1) is 10.1. The lowest BCUT2D eigenvalue weighted by Gasteiger charge is -2.32. The minimum Gasteiger partial charge on any atom is -0.478 e. The molecule has 0 saturated carbocycles. The predicted molar refractivity (Wildman–Crippen MR) is 76.7 cm³/mol. The molecule has 1 aromatic rings. The molecule has 114 valence electrons. The number of anilines is 1. The van der Waals surface area contributed by atoms with Crippen LogP contribution in [0.4, 0.5) is 5.95 Å². The number of carboxylic acid groups (broad SMARTS) is 1. The van der Waals surface area contributed by atoms with Gasteiger partial charge in [0.05, 0.1) is 24.5 Å². The quantitative estimate of drug-likeness (QED) is 0.863. The summed E-state index contributed by atoms with van der Waals surface area (Å²) in [6, 6.07) is 0.511. The Kier molecular flexibility index (Phi) is 4.03. The van der Waals surface area contributed by atoms with Crippen molar-refractivity contribution in [3.63, 3.8) is 0 Å². The summed E-state index contributed by atoms with van der Waals surface area (Å²) < 4.78 is 5.39. The Hall–Kier alpha value is -1.73. The molecule has 2 fully saturated rings. The number of morpholine rings is 1. The molecule has 0 spiro atoms. The number of nitrogens with zero attached hydrogens (tertiary/aromatic N) is 4. The largest absolute Gasteiger partial charge is 0.478 e. The van der Waals surface area contributed by atoms with Gasteiger partial charge in [0.15, 0.2) is 0 Å². The number of aryl methyl sites for hydroxylation is 1. The smallest absolute Gasteiger partial charge is 0.339 e. The zero-order valence-corrected chi connectivity index (χ0v) is 12.2. The van der Waals surface area contributed by atoms with Crippen LogP contribution in [0.3, 0.4) is 0 Å². The fraction of sp³-hybridized carbons (Fsp3) is 0.643. The second-order valence-corrected chi connectivity index (χ2v) is 5.51. The van der Waals surface area contributed by atoms with E-state index in [1.807, 2.05) is 0 Å². The van der Waals surface area contributed by atoms with Gasteiger partial charge in [-0.25, -0.2) is 14.8 Å². The molecule has 2 aliphatic rings. The van der Waals surface area contributed by atoms with E-state index in [1.54, 1.807) is 6.92 Å². The highest BCUT2D eigenvalue weighted by Crippen LogP contribution is 2.21. The summed E-state index contributed by atoms with van der Waals surface area (Å²) in [4.78, 5) is 24.2. The highest BCUT2D eigenvalue weighted by atomic mass is 16.5. The van der Waals surface area contributed by atoms with E-state index >= 15 is 0 Å². The summed E-state index contributed by atoms with van der Waals surface area (Å²) in [5.41, 5.74) is 0.685. The van der Waals surface area contributed by atoms with Crippen molar-refractivity contribution in [2.45, 2.75) is 19.4 Å². The summed E-state index contributed by atoms with van der Waals surface area (Å²) in [7, 11) is 0. The van der Waals surface area contributed by atoms with Crippen LogP contribution in [-0.4, -0.2) is 71.4 Å². The molecule has 21 heavy (non-hydrogen) atoms. The highest BCUT2D eigenvalue weighted by Gasteiger charge is 2.30. The molecule has 3 heterocycles. The standard InChI is InChI=1S/C14H20N4O3/c1-10-12(13(19)20)8-15-14(16-10)18-3-2-11(9-18)17-4-6-21-7-5-17/h8,11H,2-7,9H2,1H3,(H,19,20). The van der Waals surface area contributed by atoms with Crippen LogP contribution >= 0.6 is 0 Å². The van der Waals surface area contributed by atoms with Crippen LogP contribution in [0, 0.1) is 6.92 Å². The van der Waals surface area contributed by atoms with Gasteiger partial charge in [-0.2, -0.15) is 0 Å². The maximum Gasteiger partial charge on any atom is 0.339 e. The molecule has 7 nitrogen and oxygen atoms in total. The Balaban J connectivity index is 1.68. The van der Waals surface area contributed by atoms with Crippen molar-refractivity contribution in [2.75, 3.05) is 44.3 Å².